The second kappa shape index (κ2) is 7.14. The summed E-state index contributed by atoms with van der Waals surface area (Å²) in [6.07, 6.45) is 0.287. The molecule has 4 heteroatoms. The van der Waals surface area contributed by atoms with Crippen molar-refractivity contribution in [2.75, 3.05) is 18.5 Å². The number of likely N-dealkylation sites (N-methyl/N-ethyl adjacent to an activating group) is 1. The van der Waals surface area contributed by atoms with Crippen molar-refractivity contribution in [3.63, 3.8) is 0 Å². The number of carbonyl (C=O) groups is 1. The largest absolute Gasteiger partial charge is 0.388 e. The molecule has 0 radical (unpaired) electrons. The van der Waals surface area contributed by atoms with E-state index < -0.39 is 6.10 Å². The standard InChI is InChI=1S/C15H24N2O2/c1-5-14(18)12-6-8-13(9-7-12)17(4)10-15(19)16-11(2)3/h6-9,11,14,18H,5,10H2,1-4H3,(H,16,19)/t14-/m1/s1. The number of carbonyl (C=O) groups excluding carboxylic acids is 1. The molecule has 4 nitrogen and oxygen atoms in total. The van der Waals surface area contributed by atoms with E-state index in [0.29, 0.717) is 13.0 Å². The van der Waals surface area contributed by atoms with E-state index >= 15 is 0 Å². The minimum absolute atomic E-state index is 0.00942. The number of amides is 1. The summed E-state index contributed by atoms with van der Waals surface area (Å²) in [4.78, 5) is 13.6. The number of nitrogens with one attached hydrogen (secondary N) is 1. The lowest BCUT2D eigenvalue weighted by molar-refractivity contribution is -0.120. The predicted molar refractivity (Wildman–Crippen MR) is 78.2 cm³/mol. The Kier molecular flexibility index (Phi) is 5.83. The number of hydrogen-bond acceptors (Lipinski definition) is 3. The van der Waals surface area contributed by atoms with E-state index in [9.17, 15) is 9.90 Å². The van der Waals surface area contributed by atoms with Gasteiger partial charge in [-0.1, -0.05) is 19.1 Å². The van der Waals surface area contributed by atoms with Gasteiger partial charge < -0.3 is 15.3 Å². The van der Waals surface area contributed by atoms with Crippen molar-refractivity contribution in [1.29, 1.82) is 0 Å². The molecule has 0 spiro atoms. The first kappa shape index (κ1) is 15.5. The van der Waals surface area contributed by atoms with Gasteiger partial charge in [0.1, 0.15) is 0 Å². The van der Waals surface area contributed by atoms with Crippen molar-refractivity contribution in [2.24, 2.45) is 0 Å². The number of rotatable bonds is 6. The van der Waals surface area contributed by atoms with Crippen molar-refractivity contribution in [1.82, 2.24) is 5.32 Å². The molecule has 1 aromatic rings. The van der Waals surface area contributed by atoms with Crippen LogP contribution < -0.4 is 10.2 Å². The number of benzene rings is 1. The molecule has 0 saturated carbocycles. The van der Waals surface area contributed by atoms with E-state index in [4.69, 9.17) is 0 Å². The van der Waals surface area contributed by atoms with E-state index in [1.165, 1.54) is 0 Å². The Balaban J connectivity index is 2.62. The van der Waals surface area contributed by atoms with Gasteiger partial charge in [-0.3, -0.25) is 4.79 Å². The molecule has 106 valence electrons. The summed E-state index contributed by atoms with van der Waals surface area (Å²) in [7, 11) is 1.88. The van der Waals surface area contributed by atoms with Crippen LogP contribution in [-0.4, -0.2) is 30.6 Å². The van der Waals surface area contributed by atoms with Crippen LogP contribution in [0.4, 0.5) is 5.69 Å². The van der Waals surface area contributed by atoms with Crippen LogP contribution in [0.5, 0.6) is 0 Å². The number of anilines is 1. The Labute approximate surface area is 115 Å². The molecule has 0 aliphatic heterocycles. The molecule has 0 unspecified atom stereocenters. The molecule has 1 aromatic carbocycles. The fourth-order valence-corrected chi connectivity index (χ4v) is 1.86. The number of aliphatic hydroxyl groups excluding tert-OH is 1. The monoisotopic (exact) mass is 264 g/mol. The SMILES string of the molecule is CC[C@@H](O)c1ccc(N(C)CC(=O)NC(C)C)cc1. The molecule has 0 aliphatic carbocycles. The minimum atomic E-state index is -0.413. The average molecular weight is 264 g/mol. The topological polar surface area (TPSA) is 52.6 Å². The first-order valence-corrected chi connectivity index (χ1v) is 6.72. The lowest BCUT2D eigenvalue weighted by Gasteiger charge is -2.20. The van der Waals surface area contributed by atoms with Gasteiger partial charge in [0, 0.05) is 18.8 Å². The fourth-order valence-electron chi connectivity index (χ4n) is 1.86. The third-order valence-corrected chi connectivity index (χ3v) is 2.94. The van der Waals surface area contributed by atoms with Gasteiger partial charge in [0.15, 0.2) is 0 Å². The molecule has 2 N–H and O–H groups in total. The average Bonchev–Trinajstić information content (AvgIpc) is 2.36. The van der Waals surface area contributed by atoms with Crippen LogP contribution in [0.15, 0.2) is 24.3 Å². The van der Waals surface area contributed by atoms with Gasteiger partial charge >= 0.3 is 0 Å². The number of hydrogen-bond donors (Lipinski definition) is 2. The van der Waals surface area contributed by atoms with Gasteiger partial charge in [-0.15, -0.1) is 0 Å². The molecular formula is C15H24N2O2. The maximum atomic E-state index is 11.7. The summed E-state index contributed by atoms with van der Waals surface area (Å²) in [5, 5.41) is 12.6. The van der Waals surface area contributed by atoms with Gasteiger partial charge in [0.2, 0.25) is 5.91 Å². The summed E-state index contributed by atoms with van der Waals surface area (Å²) >= 11 is 0. The summed E-state index contributed by atoms with van der Waals surface area (Å²) in [6.45, 7) is 6.16. The quantitative estimate of drug-likeness (QED) is 0.827. The van der Waals surface area contributed by atoms with Crippen LogP contribution in [0.1, 0.15) is 38.9 Å². The van der Waals surface area contributed by atoms with E-state index in [2.05, 4.69) is 5.32 Å². The second-order valence-electron chi connectivity index (χ2n) is 5.09. The molecule has 0 aromatic heterocycles. The summed E-state index contributed by atoms with van der Waals surface area (Å²) < 4.78 is 0. The normalized spacial score (nSPS) is 12.3. The van der Waals surface area contributed by atoms with Crippen molar-refractivity contribution < 1.29 is 9.90 Å². The highest BCUT2D eigenvalue weighted by atomic mass is 16.3. The Morgan fingerprint density at radius 2 is 1.89 bits per heavy atom. The maximum absolute atomic E-state index is 11.7. The smallest absolute Gasteiger partial charge is 0.239 e. The zero-order valence-corrected chi connectivity index (χ0v) is 12.2. The Morgan fingerprint density at radius 1 is 1.32 bits per heavy atom. The molecule has 19 heavy (non-hydrogen) atoms. The van der Waals surface area contributed by atoms with Gasteiger partial charge in [-0.05, 0) is 38.0 Å². The molecule has 1 atom stereocenters. The molecule has 0 heterocycles. The van der Waals surface area contributed by atoms with Gasteiger partial charge in [-0.25, -0.2) is 0 Å². The highest BCUT2D eigenvalue weighted by molar-refractivity contribution is 5.81. The summed E-state index contributed by atoms with van der Waals surface area (Å²) in [6, 6.07) is 7.82. The Morgan fingerprint density at radius 3 is 2.37 bits per heavy atom. The van der Waals surface area contributed by atoms with Crippen molar-refractivity contribution >= 4 is 11.6 Å². The summed E-state index contributed by atoms with van der Waals surface area (Å²) in [5.74, 6) is 0.00942. The van der Waals surface area contributed by atoms with E-state index in [-0.39, 0.29) is 11.9 Å². The molecule has 1 amide bonds. The highest BCUT2D eigenvalue weighted by Gasteiger charge is 2.09. The van der Waals surface area contributed by atoms with Gasteiger partial charge in [0.25, 0.3) is 0 Å². The van der Waals surface area contributed by atoms with Crippen molar-refractivity contribution in [2.45, 2.75) is 39.3 Å². The van der Waals surface area contributed by atoms with E-state index in [0.717, 1.165) is 11.3 Å². The maximum Gasteiger partial charge on any atom is 0.239 e. The molecule has 0 fully saturated rings. The van der Waals surface area contributed by atoms with Crippen LogP contribution in [-0.2, 0) is 4.79 Å². The van der Waals surface area contributed by atoms with Crippen LogP contribution in [0, 0.1) is 0 Å². The zero-order chi connectivity index (χ0) is 14.4. The minimum Gasteiger partial charge on any atom is -0.388 e. The molecule has 0 bridgehead atoms. The lowest BCUT2D eigenvalue weighted by atomic mass is 10.1. The van der Waals surface area contributed by atoms with Crippen LogP contribution in [0.3, 0.4) is 0 Å². The van der Waals surface area contributed by atoms with Crippen LogP contribution in [0.25, 0.3) is 0 Å². The number of nitrogens with zero attached hydrogens (tertiary/aromatic N) is 1. The Bertz CT molecular complexity index is 401. The predicted octanol–water partition coefficient (Wildman–Crippen LogP) is 2.09. The lowest BCUT2D eigenvalue weighted by Crippen LogP contribution is -2.38. The van der Waals surface area contributed by atoms with Crippen LogP contribution in [0.2, 0.25) is 0 Å². The summed E-state index contributed by atoms with van der Waals surface area (Å²) in [5.41, 5.74) is 1.87. The molecule has 0 saturated heterocycles. The van der Waals surface area contributed by atoms with E-state index in [1.807, 2.05) is 57.0 Å². The first-order chi connectivity index (χ1) is 8.93. The second-order valence-corrected chi connectivity index (χ2v) is 5.09. The van der Waals surface area contributed by atoms with Crippen molar-refractivity contribution in [3.05, 3.63) is 29.8 Å². The van der Waals surface area contributed by atoms with Gasteiger partial charge in [-0.2, -0.15) is 0 Å². The third-order valence-electron chi connectivity index (χ3n) is 2.94. The third kappa shape index (κ3) is 4.91. The van der Waals surface area contributed by atoms with Crippen molar-refractivity contribution in [3.8, 4) is 0 Å². The first-order valence-electron chi connectivity index (χ1n) is 6.72. The molecule has 0 aliphatic rings. The fraction of sp³-hybridized carbons (Fsp3) is 0.533. The Hall–Kier alpha value is -1.55. The zero-order valence-electron chi connectivity index (χ0n) is 12.2. The molecular weight excluding hydrogens is 240 g/mol. The number of aliphatic hydroxyl groups is 1. The van der Waals surface area contributed by atoms with Crippen LogP contribution >= 0.6 is 0 Å². The highest BCUT2D eigenvalue weighted by Crippen LogP contribution is 2.20. The van der Waals surface area contributed by atoms with Gasteiger partial charge in [0.05, 0.1) is 12.6 Å². The molecule has 1 rings (SSSR count). The van der Waals surface area contributed by atoms with E-state index in [1.54, 1.807) is 0 Å².